The van der Waals surface area contributed by atoms with Gasteiger partial charge in [0, 0.05) is 36.4 Å². The van der Waals surface area contributed by atoms with Gasteiger partial charge in [0.25, 0.3) is 0 Å². The van der Waals surface area contributed by atoms with E-state index in [2.05, 4.69) is 53.6 Å². The average molecular weight is 349 g/mol. The van der Waals surface area contributed by atoms with E-state index in [1.165, 1.54) is 17.0 Å². The number of hydrogen-bond donors (Lipinski definition) is 2. The van der Waals surface area contributed by atoms with Gasteiger partial charge in [0.05, 0.1) is 11.4 Å². The standard InChI is InChI=1S/C21H27N5/c1-4-16-7-8-20-21(19-10-18(22)9-15(3)23-19)26-13-17(12-25(20)11-16)6-5-14(2)24-26/h5,7-11,17,24H,4,6,12-13H2,1-3H3,(H2,22,23). The molecule has 1 aromatic heterocycles. The molecule has 1 atom stereocenters. The molecule has 4 heterocycles. The second-order valence-corrected chi connectivity index (χ2v) is 7.42. The molecule has 4 rings (SSSR count). The number of nitrogen functional groups attached to an aromatic ring is 1. The number of allylic oxidation sites excluding steroid dienone is 5. The van der Waals surface area contributed by atoms with Gasteiger partial charge >= 0.3 is 0 Å². The van der Waals surface area contributed by atoms with Gasteiger partial charge in [-0.1, -0.05) is 19.1 Å². The topological polar surface area (TPSA) is 57.4 Å². The fourth-order valence-electron chi connectivity index (χ4n) is 3.93. The predicted molar refractivity (Wildman–Crippen MR) is 106 cm³/mol. The second kappa shape index (κ2) is 6.56. The largest absolute Gasteiger partial charge is 0.399 e. The van der Waals surface area contributed by atoms with E-state index < -0.39 is 0 Å². The molecule has 136 valence electrons. The minimum atomic E-state index is 0.551. The predicted octanol–water partition coefficient (Wildman–Crippen LogP) is 3.55. The fraction of sp³-hybridized carbons (Fsp3) is 0.381. The van der Waals surface area contributed by atoms with Gasteiger partial charge in [-0.25, -0.2) is 0 Å². The van der Waals surface area contributed by atoms with Crippen molar-refractivity contribution in [1.82, 2.24) is 20.3 Å². The quantitative estimate of drug-likeness (QED) is 0.855. The number of nitrogens with zero attached hydrogens (tertiary/aromatic N) is 3. The summed E-state index contributed by atoms with van der Waals surface area (Å²) in [5.41, 5.74) is 17.1. The number of anilines is 1. The van der Waals surface area contributed by atoms with Crippen LogP contribution < -0.4 is 11.2 Å². The Balaban J connectivity index is 1.90. The van der Waals surface area contributed by atoms with E-state index in [9.17, 15) is 0 Å². The highest BCUT2D eigenvalue weighted by atomic mass is 15.5. The summed E-state index contributed by atoms with van der Waals surface area (Å²) in [5.74, 6) is 0.551. The molecule has 3 aliphatic heterocycles. The van der Waals surface area contributed by atoms with Crippen LogP contribution in [0.4, 0.5) is 5.69 Å². The molecule has 5 heteroatoms. The molecule has 1 unspecified atom stereocenters. The number of nitrogens with two attached hydrogens (primary N) is 1. The van der Waals surface area contributed by atoms with Crippen molar-refractivity contribution in [3.05, 3.63) is 64.9 Å². The van der Waals surface area contributed by atoms with Gasteiger partial charge in [-0.3, -0.25) is 9.99 Å². The van der Waals surface area contributed by atoms with Crippen molar-refractivity contribution in [3.8, 4) is 0 Å². The molecule has 0 radical (unpaired) electrons. The van der Waals surface area contributed by atoms with E-state index in [1.807, 2.05) is 19.1 Å². The van der Waals surface area contributed by atoms with Crippen molar-refractivity contribution < 1.29 is 0 Å². The smallest absolute Gasteiger partial charge is 0.107 e. The number of nitrogens with one attached hydrogen (secondary N) is 1. The normalized spacial score (nSPS) is 22.2. The lowest BCUT2D eigenvalue weighted by Gasteiger charge is -2.31. The first kappa shape index (κ1) is 16.8. The Kier molecular flexibility index (Phi) is 4.23. The van der Waals surface area contributed by atoms with Crippen LogP contribution in [-0.4, -0.2) is 28.0 Å². The van der Waals surface area contributed by atoms with Crippen LogP contribution >= 0.6 is 0 Å². The van der Waals surface area contributed by atoms with Crippen LogP contribution in [0.25, 0.3) is 5.70 Å². The van der Waals surface area contributed by atoms with Crippen molar-refractivity contribution in [3.63, 3.8) is 0 Å². The van der Waals surface area contributed by atoms with Gasteiger partial charge in [-0.2, -0.15) is 0 Å². The summed E-state index contributed by atoms with van der Waals surface area (Å²) in [6.45, 7) is 8.28. The Labute approximate surface area is 155 Å². The fourth-order valence-corrected chi connectivity index (χ4v) is 3.93. The zero-order valence-corrected chi connectivity index (χ0v) is 15.8. The Morgan fingerprint density at radius 2 is 2.08 bits per heavy atom. The molecular formula is C21H27N5. The van der Waals surface area contributed by atoms with Crippen LogP contribution in [0.3, 0.4) is 0 Å². The van der Waals surface area contributed by atoms with Crippen molar-refractivity contribution in [2.45, 2.75) is 33.6 Å². The van der Waals surface area contributed by atoms with E-state index in [1.54, 1.807) is 0 Å². The van der Waals surface area contributed by atoms with Crippen molar-refractivity contribution in [2.24, 2.45) is 5.92 Å². The summed E-state index contributed by atoms with van der Waals surface area (Å²) in [7, 11) is 0. The summed E-state index contributed by atoms with van der Waals surface area (Å²) in [4.78, 5) is 7.21. The molecule has 0 saturated carbocycles. The first-order valence-corrected chi connectivity index (χ1v) is 9.38. The monoisotopic (exact) mass is 349 g/mol. The minimum Gasteiger partial charge on any atom is -0.399 e. The number of aromatic nitrogens is 1. The molecule has 2 bridgehead atoms. The third-order valence-corrected chi connectivity index (χ3v) is 5.19. The Morgan fingerprint density at radius 3 is 2.85 bits per heavy atom. The first-order valence-electron chi connectivity index (χ1n) is 9.38. The van der Waals surface area contributed by atoms with Crippen LogP contribution in [0, 0.1) is 12.8 Å². The summed E-state index contributed by atoms with van der Waals surface area (Å²) in [6.07, 6.45) is 11.2. The Bertz CT molecular complexity index is 826. The second-order valence-electron chi connectivity index (χ2n) is 7.42. The number of pyridine rings is 1. The van der Waals surface area contributed by atoms with E-state index >= 15 is 0 Å². The molecular weight excluding hydrogens is 322 g/mol. The van der Waals surface area contributed by atoms with Gasteiger partial charge in [0.15, 0.2) is 0 Å². The third kappa shape index (κ3) is 3.09. The van der Waals surface area contributed by atoms with Crippen LogP contribution in [0.1, 0.15) is 38.1 Å². The third-order valence-electron chi connectivity index (χ3n) is 5.19. The highest BCUT2D eigenvalue weighted by Crippen LogP contribution is 2.35. The number of fused-ring (bicyclic) bond motifs is 3. The molecule has 0 amide bonds. The van der Waals surface area contributed by atoms with Crippen molar-refractivity contribution in [1.29, 1.82) is 0 Å². The van der Waals surface area contributed by atoms with Crippen LogP contribution in [0.2, 0.25) is 0 Å². The van der Waals surface area contributed by atoms with E-state index in [4.69, 9.17) is 10.7 Å². The van der Waals surface area contributed by atoms with Crippen LogP contribution in [-0.2, 0) is 0 Å². The average Bonchev–Trinajstić information content (AvgIpc) is 2.86. The van der Waals surface area contributed by atoms with Gasteiger partial charge in [-0.05, 0) is 56.4 Å². The Hall–Kier alpha value is -2.69. The lowest BCUT2D eigenvalue weighted by Crippen LogP contribution is -2.37. The highest BCUT2D eigenvalue weighted by molar-refractivity contribution is 5.70. The highest BCUT2D eigenvalue weighted by Gasteiger charge is 2.31. The van der Waals surface area contributed by atoms with Crippen molar-refractivity contribution in [2.75, 3.05) is 18.8 Å². The summed E-state index contributed by atoms with van der Waals surface area (Å²) in [6, 6.07) is 3.89. The number of rotatable bonds is 2. The molecule has 0 aliphatic carbocycles. The zero-order valence-electron chi connectivity index (χ0n) is 15.8. The molecule has 0 fully saturated rings. The first-order chi connectivity index (χ1) is 12.5. The number of aryl methyl sites for hydroxylation is 1. The molecule has 5 nitrogen and oxygen atoms in total. The molecule has 0 aromatic carbocycles. The van der Waals surface area contributed by atoms with Crippen LogP contribution in [0.15, 0.2) is 53.5 Å². The number of hydrogen-bond acceptors (Lipinski definition) is 5. The maximum atomic E-state index is 6.15. The summed E-state index contributed by atoms with van der Waals surface area (Å²) >= 11 is 0. The molecule has 3 N–H and O–H groups in total. The number of hydrazine groups is 1. The lowest BCUT2D eigenvalue weighted by molar-refractivity contribution is 0.274. The van der Waals surface area contributed by atoms with Gasteiger partial charge in [0.2, 0.25) is 0 Å². The zero-order chi connectivity index (χ0) is 18.3. The molecule has 1 aromatic rings. The maximum absolute atomic E-state index is 6.15. The SMILES string of the molecule is CCC1=CN2CC3CC=C(C)NN(C3)C(c3cc(N)cc(C)n3)=C2C=C1. The van der Waals surface area contributed by atoms with Gasteiger partial charge in [0.1, 0.15) is 5.70 Å². The lowest BCUT2D eigenvalue weighted by atomic mass is 10.0. The van der Waals surface area contributed by atoms with E-state index in [0.717, 1.165) is 48.7 Å². The molecule has 0 saturated heterocycles. The maximum Gasteiger partial charge on any atom is 0.107 e. The Morgan fingerprint density at radius 1 is 1.23 bits per heavy atom. The van der Waals surface area contributed by atoms with E-state index in [0.29, 0.717) is 5.92 Å². The summed E-state index contributed by atoms with van der Waals surface area (Å²) < 4.78 is 0. The van der Waals surface area contributed by atoms with Crippen LogP contribution in [0.5, 0.6) is 0 Å². The molecule has 26 heavy (non-hydrogen) atoms. The van der Waals surface area contributed by atoms with Crippen molar-refractivity contribution >= 4 is 11.4 Å². The molecule has 3 aliphatic rings. The molecule has 0 spiro atoms. The summed E-state index contributed by atoms with van der Waals surface area (Å²) in [5, 5.41) is 2.26. The van der Waals surface area contributed by atoms with Gasteiger partial charge in [-0.15, -0.1) is 0 Å². The minimum absolute atomic E-state index is 0.551. The van der Waals surface area contributed by atoms with Gasteiger partial charge < -0.3 is 16.1 Å². The van der Waals surface area contributed by atoms with E-state index in [-0.39, 0.29) is 0 Å².